The smallest absolute Gasteiger partial charge is 0.261 e. The molecule has 0 saturated heterocycles. The van der Waals surface area contributed by atoms with Gasteiger partial charge in [0.1, 0.15) is 5.75 Å². The molecular formula is C13H15NO2. The fraction of sp³-hybridized carbons (Fsp3) is 0.308. The van der Waals surface area contributed by atoms with E-state index >= 15 is 0 Å². The number of aryl methyl sites for hydroxylation is 1. The van der Waals surface area contributed by atoms with E-state index in [0.29, 0.717) is 5.75 Å². The van der Waals surface area contributed by atoms with Crippen molar-refractivity contribution in [1.29, 1.82) is 0 Å². The van der Waals surface area contributed by atoms with Crippen LogP contribution < -0.4 is 10.1 Å². The number of hydrogen-bond donors (Lipinski definition) is 1. The predicted octanol–water partition coefficient (Wildman–Crippen LogP) is 1.51. The third-order valence-electron chi connectivity index (χ3n) is 2.13. The van der Waals surface area contributed by atoms with Gasteiger partial charge in [0.15, 0.2) is 6.10 Å². The minimum Gasteiger partial charge on any atom is -0.481 e. The van der Waals surface area contributed by atoms with Crippen LogP contribution >= 0.6 is 0 Å². The minimum absolute atomic E-state index is 0.207. The van der Waals surface area contributed by atoms with Crippen molar-refractivity contribution in [2.75, 3.05) is 6.54 Å². The van der Waals surface area contributed by atoms with E-state index in [9.17, 15) is 4.79 Å². The Hall–Kier alpha value is -1.95. The first kappa shape index (κ1) is 12.1. The van der Waals surface area contributed by atoms with Crippen molar-refractivity contribution < 1.29 is 9.53 Å². The van der Waals surface area contributed by atoms with Gasteiger partial charge in [-0.2, -0.15) is 0 Å². The fourth-order valence-electron chi connectivity index (χ4n) is 1.21. The van der Waals surface area contributed by atoms with Crippen LogP contribution in [-0.4, -0.2) is 18.6 Å². The summed E-state index contributed by atoms with van der Waals surface area (Å²) in [7, 11) is 0. The Morgan fingerprint density at radius 1 is 1.56 bits per heavy atom. The molecule has 3 heteroatoms. The molecule has 0 bridgehead atoms. The summed E-state index contributed by atoms with van der Waals surface area (Å²) in [5.41, 5.74) is 0.999. The third kappa shape index (κ3) is 3.32. The summed E-state index contributed by atoms with van der Waals surface area (Å²) in [6.45, 7) is 3.85. The molecule has 1 unspecified atom stereocenters. The molecule has 1 aromatic rings. The van der Waals surface area contributed by atoms with Gasteiger partial charge in [0, 0.05) is 0 Å². The van der Waals surface area contributed by atoms with Crippen LogP contribution in [0.4, 0.5) is 0 Å². The van der Waals surface area contributed by atoms with Gasteiger partial charge >= 0.3 is 0 Å². The lowest BCUT2D eigenvalue weighted by molar-refractivity contribution is -0.127. The number of nitrogens with one attached hydrogen (secondary N) is 1. The quantitative estimate of drug-likeness (QED) is 0.776. The summed E-state index contributed by atoms with van der Waals surface area (Å²) in [6.07, 6.45) is 4.50. The van der Waals surface area contributed by atoms with Crippen LogP contribution in [0.25, 0.3) is 0 Å². The molecule has 1 aromatic carbocycles. The van der Waals surface area contributed by atoms with Crippen LogP contribution in [-0.2, 0) is 4.79 Å². The van der Waals surface area contributed by atoms with E-state index in [1.165, 1.54) is 0 Å². The Morgan fingerprint density at radius 2 is 2.25 bits per heavy atom. The zero-order chi connectivity index (χ0) is 12.0. The highest BCUT2D eigenvalue weighted by molar-refractivity contribution is 5.80. The average molecular weight is 217 g/mol. The maximum atomic E-state index is 11.5. The van der Waals surface area contributed by atoms with Crippen molar-refractivity contribution in [3.8, 4) is 18.1 Å². The van der Waals surface area contributed by atoms with Crippen molar-refractivity contribution in [1.82, 2.24) is 5.32 Å². The molecule has 0 aliphatic rings. The molecule has 1 atom stereocenters. The normalized spacial score (nSPS) is 11.3. The molecular weight excluding hydrogens is 202 g/mol. The predicted molar refractivity (Wildman–Crippen MR) is 63.1 cm³/mol. The molecule has 84 valence electrons. The van der Waals surface area contributed by atoms with Gasteiger partial charge in [-0.3, -0.25) is 4.79 Å². The monoisotopic (exact) mass is 217 g/mol. The van der Waals surface area contributed by atoms with Crippen LogP contribution in [0.3, 0.4) is 0 Å². The Balaban J connectivity index is 2.58. The lowest BCUT2D eigenvalue weighted by atomic mass is 10.2. The van der Waals surface area contributed by atoms with Crippen LogP contribution in [0.2, 0.25) is 0 Å². The Labute approximate surface area is 95.8 Å². The topological polar surface area (TPSA) is 38.3 Å². The molecule has 3 nitrogen and oxygen atoms in total. The highest BCUT2D eigenvalue weighted by atomic mass is 16.5. The van der Waals surface area contributed by atoms with E-state index in [-0.39, 0.29) is 12.5 Å². The number of carbonyl (C=O) groups is 1. The number of terminal acetylenes is 1. The minimum atomic E-state index is -0.547. The molecule has 0 fully saturated rings. The molecule has 1 rings (SSSR count). The van der Waals surface area contributed by atoms with Crippen molar-refractivity contribution in [3.05, 3.63) is 29.8 Å². The zero-order valence-electron chi connectivity index (χ0n) is 9.49. The highest BCUT2D eigenvalue weighted by Gasteiger charge is 2.14. The van der Waals surface area contributed by atoms with Crippen molar-refractivity contribution >= 4 is 5.91 Å². The number of benzene rings is 1. The first-order valence-corrected chi connectivity index (χ1v) is 5.08. The second kappa shape index (κ2) is 5.82. The fourth-order valence-corrected chi connectivity index (χ4v) is 1.21. The molecule has 0 saturated carbocycles. The van der Waals surface area contributed by atoms with E-state index in [1.807, 2.05) is 31.2 Å². The van der Waals surface area contributed by atoms with E-state index in [1.54, 1.807) is 6.92 Å². The van der Waals surface area contributed by atoms with Crippen molar-refractivity contribution in [2.24, 2.45) is 0 Å². The van der Waals surface area contributed by atoms with Gasteiger partial charge in [-0.05, 0) is 25.5 Å². The van der Waals surface area contributed by atoms with Gasteiger partial charge < -0.3 is 10.1 Å². The third-order valence-corrected chi connectivity index (χ3v) is 2.13. The summed E-state index contributed by atoms with van der Waals surface area (Å²) in [6, 6.07) is 7.56. The second-order valence-electron chi connectivity index (χ2n) is 3.45. The molecule has 1 amide bonds. The van der Waals surface area contributed by atoms with Gasteiger partial charge in [-0.1, -0.05) is 24.1 Å². The van der Waals surface area contributed by atoms with Gasteiger partial charge in [0.25, 0.3) is 5.91 Å². The molecule has 0 aliphatic heterocycles. The first-order valence-electron chi connectivity index (χ1n) is 5.08. The van der Waals surface area contributed by atoms with Crippen LogP contribution in [0.5, 0.6) is 5.75 Å². The standard InChI is InChI=1S/C13H15NO2/c1-4-9-14-13(15)11(3)16-12-8-6-5-7-10(12)2/h1,5-8,11H,9H2,2-3H3,(H,14,15). The number of amides is 1. The highest BCUT2D eigenvalue weighted by Crippen LogP contribution is 2.17. The van der Waals surface area contributed by atoms with Crippen LogP contribution in [0, 0.1) is 19.3 Å². The van der Waals surface area contributed by atoms with Crippen molar-refractivity contribution in [3.63, 3.8) is 0 Å². The summed E-state index contributed by atoms with van der Waals surface area (Å²) in [4.78, 5) is 11.5. The molecule has 0 aromatic heterocycles. The number of hydrogen-bond acceptors (Lipinski definition) is 2. The molecule has 0 spiro atoms. The zero-order valence-corrected chi connectivity index (χ0v) is 9.49. The van der Waals surface area contributed by atoms with E-state index in [4.69, 9.17) is 11.2 Å². The number of rotatable bonds is 4. The summed E-state index contributed by atoms with van der Waals surface area (Å²) >= 11 is 0. The molecule has 0 heterocycles. The molecule has 16 heavy (non-hydrogen) atoms. The number of ether oxygens (including phenoxy) is 1. The average Bonchev–Trinajstić information content (AvgIpc) is 2.28. The Bertz CT molecular complexity index is 407. The summed E-state index contributed by atoms with van der Waals surface area (Å²) < 4.78 is 5.52. The van der Waals surface area contributed by atoms with E-state index in [2.05, 4.69) is 11.2 Å². The molecule has 1 N–H and O–H groups in total. The van der Waals surface area contributed by atoms with E-state index < -0.39 is 6.10 Å². The van der Waals surface area contributed by atoms with Gasteiger partial charge in [0.2, 0.25) is 0 Å². The van der Waals surface area contributed by atoms with E-state index in [0.717, 1.165) is 5.56 Å². The SMILES string of the molecule is C#CCNC(=O)C(C)Oc1ccccc1C. The number of carbonyl (C=O) groups excluding carboxylic acids is 1. The number of para-hydroxylation sites is 1. The first-order chi connectivity index (χ1) is 7.65. The summed E-state index contributed by atoms with van der Waals surface area (Å²) in [5, 5.41) is 2.57. The lowest BCUT2D eigenvalue weighted by Gasteiger charge is -2.15. The Kier molecular flexibility index (Phi) is 4.41. The van der Waals surface area contributed by atoms with Crippen molar-refractivity contribution in [2.45, 2.75) is 20.0 Å². The maximum absolute atomic E-state index is 11.5. The molecule has 0 radical (unpaired) electrons. The summed E-state index contributed by atoms with van der Waals surface area (Å²) in [5.74, 6) is 2.85. The second-order valence-corrected chi connectivity index (χ2v) is 3.45. The van der Waals surface area contributed by atoms with Crippen LogP contribution in [0.1, 0.15) is 12.5 Å². The van der Waals surface area contributed by atoms with Gasteiger partial charge in [-0.15, -0.1) is 6.42 Å². The van der Waals surface area contributed by atoms with Crippen LogP contribution in [0.15, 0.2) is 24.3 Å². The molecule has 0 aliphatic carbocycles. The maximum Gasteiger partial charge on any atom is 0.261 e. The largest absolute Gasteiger partial charge is 0.481 e. The Morgan fingerprint density at radius 3 is 2.88 bits per heavy atom. The lowest BCUT2D eigenvalue weighted by Crippen LogP contribution is -2.36. The van der Waals surface area contributed by atoms with Gasteiger partial charge in [0.05, 0.1) is 6.54 Å². The van der Waals surface area contributed by atoms with Gasteiger partial charge in [-0.25, -0.2) is 0 Å².